The summed E-state index contributed by atoms with van der Waals surface area (Å²) < 4.78 is 0. The molecule has 0 spiro atoms. The minimum Gasteiger partial charge on any atom is -0.359 e. The highest BCUT2D eigenvalue weighted by atomic mass is 15.2. The van der Waals surface area contributed by atoms with Crippen molar-refractivity contribution >= 4 is 5.82 Å². The number of aromatic nitrogens is 1. The first-order valence-corrected chi connectivity index (χ1v) is 6.55. The number of anilines is 1. The fourth-order valence-corrected chi connectivity index (χ4v) is 1.96. The molecule has 0 aromatic carbocycles. The van der Waals surface area contributed by atoms with Crippen LogP contribution in [0.25, 0.3) is 0 Å². The van der Waals surface area contributed by atoms with Gasteiger partial charge in [-0.2, -0.15) is 0 Å². The summed E-state index contributed by atoms with van der Waals surface area (Å²) in [4.78, 5) is 6.92. The van der Waals surface area contributed by atoms with E-state index >= 15 is 0 Å². The highest BCUT2D eigenvalue weighted by Crippen LogP contribution is 2.19. The van der Waals surface area contributed by atoms with Crippen molar-refractivity contribution in [1.29, 1.82) is 0 Å². The van der Waals surface area contributed by atoms with Gasteiger partial charge in [0.05, 0.1) is 5.69 Å². The maximum absolute atomic E-state index is 4.69. The molecule has 0 unspecified atom stereocenters. The minimum atomic E-state index is 0.662. The fraction of sp³-hybridized carbons (Fsp3) is 0.643. The molecule has 1 saturated carbocycles. The lowest BCUT2D eigenvalue weighted by Crippen LogP contribution is -2.24. The maximum atomic E-state index is 4.69. The van der Waals surface area contributed by atoms with Gasteiger partial charge >= 0.3 is 0 Å². The van der Waals surface area contributed by atoms with Crippen molar-refractivity contribution in [3.05, 3.63) is 23.9 Å². The summed E-state index contributed by atoms with van der Waals surface area (Å²) in [6, 6.07) is 7.03. The Balaban J connectivity index is 1.94. The quantitative estimate of drug-likeness (QED) is 0.818. The Labute approximate surface area is 104 Å². The molecule has 1 N–H and O–H groups in total. The van der Waals surface area contributed by atoms with Crippen LogP contribution in [0.2, 0.25) is 0 Å². The monoisotopic (exact) mass is 233 g/mol. The van der Waals surface area contributed by atoms with Crippen LogP contribution in [-0.4, -0.2) is 24.6 Å². The van der Waals surface area contributed by atoms with E-state index in [2.05, 4.69) is 54.3 Å². The van der Waals surface area contributed by atoms with E-state index in [1.54, 1.807) is 0 Å². The fourth-order valence-electron chi connectivity index (χ4n) is 1.96. The summed E-state index contributed by atoms with van der Waals surface area (Å²) in [6.45, 7) is 6.41. The predicted molar refractivity (Wildman–Crippen MR) is 72.2 cm³/mol. The van der Waals surface area contributed by atoms with E-state index in [0.29, 0.717) is 5.92 Å². The summed E-state index contributed by atoms with van der Waals surface area (Å²) in [6.07, 6.45) is 2.65. The van der Waals surface area contributed by atoms with Crippen LogP contribution in [0.3, 0.4) is 0 Å². The van der Waals surface area contributed by atoms with E-state index in [-0.39, 0.29) is 0 Å². The van der Waals surface area contributed by atoms with Crippen LogP contribution < -0.4 is 10.2 Å². The van der Waals surface area contributed by atoms with E-state index in [1.165, 1.54) is 12.8 Å². The van der Waals surface area contributed by atoms with E-state index in [0.717, 1.165) is 30.6 Å². The normalized spacial score (nSPS) is 15.3. The van der Waals surface area contributed by atoms with Gasteiger partial charge in [0.1, 0.15) is 5.82 Å². The summed E-state index contributed by atoms with van der Waals surface area (Å²) in [5.74, 6) is 1.74. The molecule has 1 aromatic rings. The van der Waals surface area contributed by atoms with Gasteiger partial charge in [0, 0.05) is 26.2 Å². The number of rotatable bonds is 6. The third-order valence-electron chi connectivity index (χ3n) is 2.97. The Hall–Kier alpha value is -1.09. The van der Waals surface area contributed by atoms with Gasteiger partial charge in [-0.25, -0.2) is 4.98 Å². The van der Waals surface area contributed by atoms with Crippen molar-refractivity contribution in [1.82, 2.24) is 10.3 Å². The average Bonchev–Trinajstić information content (AvgIpc) is 3.10. The third kappa shape index (κ3) is 4.00. The van der Waals surface area contributed by atoms with Crippen LogP contribution in [0.5, 0.6) is 0 Å². The molecule has 94 valence electrons. The summed E-state index contributed by atoms with van der Waals surface area (Å²) in [5, 5.41) is 3.50. The molecule has 0 atom stereocenters. The first-order chi connectivity index (χ1) is 8.15. The van der Waals surface area contributed by atoms with Crippen molar-refractivity contribution < 1.29 is 0 Å². The smallest absolute Gasteiger partial charge is 0.128 e. The van der Waals surface area contributed by atoms with Crippen molar-refractivity contribution in [3.63, 3.8) is 0 Å². The van der Waals surface area contributed by atoms with Crippen molar-refractivity contribution in [3.8, 4) is 0 Å². The summed E-state index contributed by atoms with van der Waals surface area (Å²) in [5.41, 5.74) is 1.14. The maximum Gasteiger partial charge on any atom is 0.128 e. The highest BCUT2D eigenvalue weighted by Gasteiger charge is 2.20. The number of pyridine rings is 1. The molecule has 1 fully saturated rings. The van der Waals surface area contributed by atoms with Crippen LogP contribution in [0.15, 0.2) is 18.2 Å². The van der Waals surface area contributed by atoms with Gasteiger partial charge in [-0.15, -0.1) is 0 Å². The molecule has 0 amide bonds. The standard InChI is InChI=1S/C14H23N3/c1-11(2)10-17(3)14-6-4-5-13(16-14)9-15-12-7-8-12/h4-6,11-12,15H,7-10H2,1-3H3. The largest absolute Gasteiger partial charge is 0.359 e. The molecule has 1 aromatic heterocycles. The summed E-state index contributed by atoms with van der Waals surface area (Å²) in [7, 11) is 2.11. The molecule has 3 nitrogen and oxygen atoms in total. The van der Waals surface area contributed by atoms with Gasteiger partial charge < -0.3 is 10.2 Å². The third-order valence-corrected chi connectivity index (χ3v) is 2.97. The Morgan fingerprint density at radius 1 is 1.41 bits per heavy atom. The zero-order valence-electron chi connectivity index (χ0n) is 11.1. The molecule has 1 aliphatic carbocycles. The number of hydrogen-bond donors (Lipinski definition) is 1. The van der Waals surface area contributed by atoms with Crippen molar-refractivity contribution in [2.75, 3.05) is 18.5 Å². The number of hydrogen-bond acceptors (Lipinski definition) is 3. The second kappa shape index (κ2) is 5.50. The molecule has 0 radical (unpaired) electrons. The molecule has 0 bridgehead atoms. The first kappa shape index (κ1) is 12.4. The topological polar surface area (TPSA) is 28.2 Å². The lowest BCUT2D eigenvalue weighted by atomic mass is 10.2. The van der Waals surface area contributed by atoms with Crippen LogP contribution in [-0.2, 0) is 6.54 Å². The van der Waals surface area contributed by atoms with Crippen LogP contribution >= 0.6 is 0 Å². The second-order valence-corrected chi connectivity index (χ2v) is 5.42. The number of nitrogens with one attached hydrogen (secondary N) is 1. The molecule has 2 rings (SSSR count). The predicted octanol–water partition coefficient (Wildman–Crippen LogP) is 2.43. The van der Waals surface area contributed by atoms with E-state index in [4.69, 9.17) is 0 Å². The second-order valence-electron chi connectivity index (χ2n) is 5.42. The van der Waals surface area contributed by atoms with Gasteiger partial charge in [0.25, 0.3) is 0 Å². The lowest BCUT2D eigenvalue weighted by molar-refractivity contribution is 0.631. The van der Waals surface area contributed by atoms with Gasteiger partial charge in [-0.3, -0.25) is 0 Å². The molecule has 0 aliphatic heterocycles. The average molecular weight is 233 g/mol. The Morgan fingerprint density at radius 3 is 2.82 bits per heavy atom. The molecule has 1 aliphatic rings. The van der Waals surface area contributed by atoms with E-state index in [1.807, 2.05) is 0 Å². The molecular formula is C14H23N3. The zero-order chi connectivity index (χ0) is 12.3. The molecule has 1 heterocycles. The molecule has 17 heavy (non-hydrogen) atoms. The van der Waals surface area contributed by atoms with Gasteiger partial charge in [0.15, 0.2) is 0 Å². The Morgan fingerprint density at radius 2 is 2.18 bits per heavy atom. The van der Waals surface area contributed by atoms with Crippen molar-refractivity contribution in [2.45, 2.75) is 39.3 Å². The molecule has 3 heteroatoms. The van der Waals surface area contributed by atoms with E-state index in [9.17, 15) is 0 Å². The van der Waals surface area contributed by atoms with Gasteiger partial charge in [-0.1, -0.05) is 19.9 Å². The lowest BCUT2D eigenvalue weighted by Gasteiger charge is -2.20. The summed E-state index contributed by atoms with van der Waals surface area (Å²) >= 11 is 0. The number of nitrogens with zero attached hydrogens (tertiary/aromatic N) is 2. The first-order valence-electron chi connectivity index (χ1n) is 6.55. The molecular weight excluding hydrogens is 210 g/mol. The van der Waals surface area contributed by atoms with Crippen LogP contribution in [0, 0.1) is 5.92 Å². The minimum absolute atomic E-state index is 0.662. The Bertz CT molecular complexity index is 358. The van der Waals surface area contributed by atoms with Crippen LogP contribution in [0.4, 0.5) is 5.82 Å². The highest BCUT2D eigenvalue weighted by molar-refractivity contribution is 5.38. The Kier molecular flexibility index (Phi) is 4.00. The van der Waals surface area contributed by atoms with Crippen molar-refractivity contribution in [2.24, 2.45) is 5.92 Å². The molecule has 0 saturated heterocycles. The zero-order valence-corrected chi connectivity index (χ0v) is 11.1. The van der Waals surface area contributed by atoms with E-state index < -0.39 is 0 Å². The van der Waals surface area contributed by atoms with Gasteiger partial charge in [0.2, 0.25) is 0 Å². The van der Waals surface area contributed by atoms with Crippen LogP contribution in [0.1, 0.15) is 32.4 Å². The van der Waals surface area contributed by atoms with Gasteiger partial charge in [-0.05, 0) is 30.9 Å². The SMILES string of the molecule is CC(C)CN(C)c1cccc(CNC2CC2)n1.